The lowest BCUT2D eigenvalue weighted by Gasteiger charge is -2.15. The Morgan fingerprint density at radius 1 is 1.00 bits per heavy atom. The van der Waals surface area contributed by atoms with Gasteiger partial charge in [-0.3, -0.25) is 4.79 Å². The minimum atomic E-state index is -0.571. The number of carbonyl (C=O) groups is 1. The van der Waals surface area contributed by atoms with Crippen molar-refractivity contribution >= 4 is 21.7 Å². The molecule has 0 heterocycles. The van der Waals surface area contributed by atoms with Gasteiger partial charge in [-0.05, 0) is 38.1 Å². The Hall–Kier alpha value is -1.61. The van der Waals surface area contributed by atoms with Gasteiger partial charge in [-0.15, -0.1) is 0 Å². The molecule has 19 heavy (non-hydrogen) atoms. The number of halogens is 1. The minimum Gasteiger partial charge on any atom is -0.457 e. The molecule has 0 spiro atoms. The van der Waals surface area contributed by atoms with Gasteiger partial charge in [0.2, 0.25) is 0 Å². The average molecular weight is 319 g/mol. The number of rotatable bonds is 4. The summed E-state index contributed by atoms with van der Waals surface area (Å²) in [5.74, 6) is 1.45. The smallest absolute Gasteiger partial charge is 0.179 e. The van der Waals surface area contributed by atoms with E-state index in [0.717, 1.165) is 5.75 Å². The van der Waals surface area contributed by atoms with Crippen LogP contribution in [0.15, 0.2) is 54.6 Å². The van der Waals surface area contributed by atoms with E-state index < -0.39 is 4.32 Å². The zero-order valence-corrected chi connectivity index (χ0v) is 12.5. The van der Waals surface area contributed by atoms with Crippen LogP contribution in [-0.2, 0) is 0 Å². The summed E-state index contributed by atoms with van der Waals surface area (Å²) in [6, 6.07) is 16.7. The van der Waals surface area contributed by atoms with Crippen molar-refractivity contribution in [2.45, 2.75) is 18.2 Å². The summed E-state index contributed by atoms with van der Waals surface area (Å²) < 4.78 is 5.14. The lowest BCUT2D eigenvalue weighted by Crippen LogP contribution is -2.23. The molecule has 0 aromatic heterocycles. The van der Waals surface area contributed by atoms with Crippen LogP contribution in [0, 0.1) is 0 Å². The first-order valence-electron chi connectivity index (χ1n) is 6.03. The van der Waals surface area contributed by atoms with E-state index in [-0.39, 0.29) is 5.78 Å². The standard InChI is InChI=1S/C16H15BrO2/c1-16(2,17)15(18)12-7-6-10-14(11-12)19-13-8-4-3-5-9-13/h3-11H,1-2H3. The second-order valence-electron chi connectivity index (χ2n) is 4.74. The molecule has 0 saturated carbocycles. The van der Waals surface area contributed by atoms with E-state index in [2.05, 4.69) is 15.9 Å². The van der Waals surface area contributed by atoms with Crippen molar-refractivity contribution in [3.63, 3.8) is 0 Å². The van der Waals surface area contributed by atoms with Gasteiger partial charge >= 0.3 is 0 Å². The zero-order valence-electron chi connectivity index (χ0n) is 10.9. The summed E-state index contributed by atoms with van der Waals surface area (Å²) in [5.41, 5.74) is 0.635. The summed E-state index contributed by atoms with van der Waals surface area (Å²) >= 11 is 3.38. The molecule has 2 aromatic rings. The third-order valence-electron chi connectivity index (χ3n) is 2.62. The molecule has 0 bridgehead atoms. The molecule has 0 radical (unpaired) electrons. The molecule has 0 fully saturated rings. The quantitative estimate of drug-likeness (QED) is 0.596. The van der Waals surface area contributed by atoms with Crippen LogP contribution in [-0.4, -0.2) is 10.1 Å². The van der Waals surface area contributed by atoms with Crippen LogP contribution in [0.5, 0.6) is 11.5 Å². The predicted molar refractivity (Wildman–Crippen MR) is 80.3 cm³/mol. The first-order chi connectivity index (χ1) is 8.97. The molecular formula is C16H15BrO2. The number of ether oxygens (including phenoxy) is 1. The van der Waals surface area contributed by atoms with Gasteiger partial charge in [0.25, 0.3) is 0 Å². The van der Waals surface area contributed by atoms with Crippen LogP contribution >= 0.6 is 15.9 Å². The van der Waals surface area contributed by atoms with Gasteiger partial charge in [0.1, 0.15) is 11.5 Å². The molecule has 0 saturated heterocycles. The van der Waals surface area contributed by atoms with E-state index in [0.29, 0.717) is 11.3 Å². The topological polar surface area (TPSA) is 26.3 Å². The SMILES string of the molecule is CC(C)(Br)C(=O)c1cccc(Oc2ccccc2)c1. The van der Waals surface area contributed by atoms with Crippen LogP contribution in [0.2, 0.25) is 0 Å². The molecule has 0 aliphatic heterocycles. The number of Topliss-reactive ketones (excluding diaryl/α,β-unsaturated/α-hetero) is 1. The first kappa shape index (κ1) is 13.8. The van der Waals surface area contributed by atoms with Gasteiger partial charge in [0.05, 0.1) is 4.32 Å². The van der Waals surface area contributed by atoms with E-state index >= 15 is 0 Å². The van der Waals surface area contributed by atoms with Gasteiger partial charge in [-0.25, -0.2) is 0 Å². The molecule has 0 N–H and O–H groups in total. The van der Waals surface area contributed by atoms with E-state index in [9.17, 15) is 4.79 Å². The third kappa shape index (κ3) is 3.67. The van der Waals surface area contributed by atoms with Crippen LogP contribution < -0.4 is 4.74 Å². The molecular weight excluding hydrogens is 304 g/mol. The number of hydrogen-bond donors (Lipinski definition) is 0. The van der Waals surface area contributed by atoms with Crippen molar-refractivity contribution in [2.24, 2.45) is 0 Å². The van der Waals surface area contributed by atoms with Crippen LogP contribution in [0.4, 0.5) is 0 Å². The Labute approximate surface area is 121 Å². The van der Waals surface area contributed by atoms with Crippen LogP contribution in [0.25, 0.3) is 0 Å². The van der Waals surface area contributed by atoms with E-state index in [1.807, 2.05) is 56.3 Å². The van der Waals surface area contributed by atoms with E-state index in [4.69, 9.17) is 4.74 Å². The zero-order chi connectivity index (χ0) is 13.9. The summed E-state index contributed by atoms with van der Waals surface area (Å²) in [7, 11) is 0. The number of ketones is 1. The molecule has 2 nitrogen and oxygen atoms in total. The Kier molecular flexibility index (Phi) is 4.05. The highest BCUT2D eigenvalue weighted by atomic mass is 79.9. The van der Waals surface area contributed by atoms with Gasteiger partial charge in [-0.1, -0.05) is 46.3 Å². The normalized spacial score (nSPS) is 11.1. The molecule has 0 amide bonds. The van der Waals surface area contributed by atoms with Crippen molar-refractivity contribution in [1.29, 1.82) is 0 Å². The van der Waals surface area contributed by atoms with Crippen molar-refractivity contribution in [3.05, 3.63) is 60.2 Å². The molecule has 2 rings (SSSR count). The van der Waals surface area contributed by atoms with Crippen molar-refractivity contribution < 1.29 is 9.53 Å². The second-order valence-corrected chi connectivity index (χ2v) is 6.73. The number of para-hydroxylation sites is 1. The van der Waals surface area contributed by atoms with Gasteiger partial charge in [0, 0.05) is 5.56 Å². The Balaban J connectivity index is 2.23. The summed E-state index contributed by atoms with van der Waals surface area (Å²) in [6.45, 7) is 3.67. The lowest BCUT2D eigenvalue weighted by atomic mass is 10.0. The first-order valence-corrected chi connectivity index (χ1v) is 6.83. The fraction of sp³-hybridized carbons (Fsp3) is 0.188. The van der Waals surface area contributed by atoms with Crippen molar-refractivity contribution in [2.75, 3.05) is 0 Å². The largest absolute Gasteiger partial charge is 0.457 e. The minimum absolute atomic E-state index is 0.0333. The summed E-state index contributed by atoms with van der Waals surface area (Å²) in [6.07, 6.45) is 0. The molecule has 0 unspecified atom stereocenters. The number of benzene rings is 2. The Morgan fingerprint density at radius 2 is 1.63 bits per heavy atom. The molecule has 0 aliphatic rings. The Bertz CT molecular complexity index is 571. The average Bonchev–Trinajstić information content (AvgIpc) is 2.38. The van der Waals surface area contributed by atoms with Gasteiger partial charge < -0.3 is 4.74 Å². The van der Waals surface area contributed by atoms with Crippen molar-refractivity contribution in [1.82, 2.24) is 0 Å². The predicted octanol–water partition coefficient (Wildman–Crippen LogP) is 4.84. The monoisotopic (exact) mass is 318 g/mol. The van der Waals surface area contributed by atoms with E-state index in [1.165, 1.54) is 0 Å². The fourth-order valence-corrected chi connectivity index (χ4v) is 1.90. The molecule has 2 aromatic carbocycles. The maximum atomic E-state index is 12.2. The fourth-order valence-electron chi connectivity index (χ4n) is 1.67. The summed E-state index contributed by atoms with van der Waals surface area (Å²) in [5, 5.41) is 0. The molecule has 0 atom stereocenters. The molecule has 0 aliphatic carbocycles. The van der Waals surface area contributed by atoms with Crippen LogP contribution in [0.1, 0.15) is 24.2 Å². The number of alkyl halides is 1. The molecule has 98 valence electrons. The van der Waals surface area contributed by atoms with Crippen molar-refractivity contribution in [3.8, 4) is 11.5 Å². The number of hydrogen-bond acceptors (Lipinski definition) is 2. The maximum absolute atomic E-state index is 12.2. The maximum Gasteiger partial charge on any atom is 0.179 e. The number of carbonyl (C=O) groups excluding carboxylic acids is 1. The lowest BCUT2D eigenvalue weighted by molar-refractivity contribution is 0.0961. The van der Waals surface area contributed by atoms with Crippen LogP contribution in [0.3, 0.4) is 0 Å². The highest BCUT2D eigenvalue weighted by molar-refractivity contribution is 9.10. The molecule has 3 heteroatoms. The highest BCUT2D eigenvalue weighted by Crippen LogP contribution is 2.26. The van der Waals surface area contributed by atoms with Gasteiger partial charge in [-0.2, -0.15) is 0 Å². The van der Waals surface area contributed by atoms with Gasteiger partial charge in [0.15, 0.2) is 5.78 Å². The highest BCUT2D eigenvalue weighted by Gasteiger charge is 2.25. The van der Waals surface area contributed by atoms with E-state index in [1.54, 1.807) is 12.1 Å². The Morgan fingerprint density at radius 3 is 2.26 bits per heavy atom. The second kappa shape index (κ2) is 5.57. The third-order valence-corrected chi connectivity index (χ3v) is 2.98. The summed E-state index contributed by atoms with van der Waals surface area (Å²) in [4.78, 5) is 12.2.